The summed E-state index contributed by atoms with van der Waals surface area (Å²) in [4.78, 5) is 0. The van der Waals surface area contributed by atoms with E-state index in [0.717, 1.165) is 27.9 Å². The summed E-state index contributed by atoms with van der Waals surface area (Å²) in [5, 5.41) is 9.47. The molecule has 0 spiro atoms. The van der Waals surface area contributed by atoms with Crippen LogP contribution >= 0.6 is 11.8 Å². The van der Waals surface area contributed by atoms with Gasteiger partial charge in [0.25, 0.3) is 0 Å². The molecule has 3 aromatic rings. The fraction of sp³-hybridized carbons (Fsp3) is 0.125. The quantitative estimate of drug-likeness (QED) is 0.804. The number of hydrogen-bond acceptors (Lipinski definition) is 5. The second-order valence-electron chi connectivity index (χ2n) is 4.88. The van der Waals surface area contributed by atoms with Gasteiger partial charge in [-0.05, 0) is 6.07 Å². The fourth-order valence-corrected chi connectivity index (χ4v) is 3.53. The number of fused-ring (bicyclic) bond motifs is 1. The molecule has 1 aliphatic heterocycles. The summed E-state index contributed by atoms with van der Waals surface area (Å²) in [6.45, 7) is 0. The molecular weight excluding hydrogens is 296 g/mol. The van der Waals surface area contributed by atoms with E-state index < -0.39 is 0 Å². The Labute approximate surface area is 132 Å². The smallest absolute Gasteiger partial charge is 0.212 e. The third kappa shape index (κ3) is 2.12. The topological polar surface area (TPSA) is 52.0 Å². The van der Waals surface area contributed by atoms with Crippen molar-refractivity contribution in [3.63, 3.8) is 0 Å². The molecule has 1 aromatic heterocycles. The molecule has 110 valence electrons. The van der Waals surface area contributed by atoms with Crippen LogP contribution in [-0.2, 0) is 0 Å². The number of ether oxygens (including phenoxy) is 1. The highest BCUT2D eigenvalue weighted by molar-refractivity contribution is 7.99. The summed E-state index contributed by atoms with van der Waals surface area (Å²) in [6.07, 6.45) is 0. The first-order valence-electron chi connectivity index (χ1n) is 6.94. The number of para-hydroxylation sites is 1. The van der Waals surface area contributed by atoms with Gasteiger partial charge in [-0.1, -0.05) is 60.3 Å². The summed E-state index contributed by atoms with van der Waals surface area (Å²) in [6, 6.07) is 18.0. The van der Waals surface area contributed by atoms with Gasteiger partial charge in [-0.3, -0.25) is 0 Å². The van der Waals surface area contributed by atoms with E-state index in [4.69, 9.17) is 4.74 Å². The van der Waals surface area contributed by atoms with Crippen LogP contribution in [0.5, 0.6) is 5.75 Å². The van der Waals surface area contributed by atoms with Gasteiger partial charge in [0.2, 0.25) is 5.16 Å². The van der Waals surface area contributed by atoms with Crippen molar-refractivity contribution in [2.75, 3.05) is 12.5 Å². The number of rotatable bonds is 3. The number of hydrogen-bond donors (Lipinski definition) is 1. The molecule has 5 nitrogen and oxygen atoms in total. The van der Waals surface area contributed by atoms with Crippen LogP contribution in [0.3, 0.4) is 0 Å². The molecule has 2 aromatic carbocycles. The van der Waals surface area contributed by atoms with Crippen LogP contribution < -0.4 is 10.2 Å². The highest BCUT2D eigenvalue weighted by atomic mass is 32.2. The van der Waals surface area contributed by atoms with E-state index >= 15 is 0 Å². The number of nitrogens with zero attached hydrogens (tertiary/aromatic N) is 3. The molecule has 0 aliphatic carbocycles. The maximum absolute atomic E-state index is 5.45. The van der Waals surface area contributed by atoms with Crippen molar-refractivity contribution in [1.82, 2.24) is 14.9 Å². The second-order valence-corrected chi connectivity index (χ2v) is 5.95. The average Bonchev–Trinajstić information content (AvgIpc) is 3.16. The minimum atomic E-state index is 0.0594. The van der Waals surface area contributed by atoms with Crippen molar-refractivity contribution in [3.05, 3.63) is 60.2 Å². The van der Waals surface area contributed by atoms with Gasteiger partial charge in [0.15, 0.2) is 5.82 Å². The van der Waals surface area contributed by atoms with Crippen LogP contribution in [0.1, 0.15) is 10.9 Å². The predicted octanol–water partition coefficient (Wildman–Crippen LogP) is 3.30. The highest BCUT2D eigenvalue weighted by Crippen LogP contribution is 2.42. The Bertz CT molecular complexity index is 803. The highest BCUT2D eigenvalue weighted by Gasteiger charge is 2.29. The molecule has 2 heterocycles. The Morgan fingerprint density at radius 3 is 2.64 bits per heavy atom. The van der Waals surface area contributed by atoms with Crippen molar-refractivity contribution in [2.24, 2.45) is 0 Å². The Hall–Kier alpha value is -2.47. The lowest BCUT2D eigenvalue weighted by atomic mass is 10.2. The van der Waals surface area contributed by atoms with E-state index in [0.29, 0.717) is 0 Å². The SMILES string of the molecule is COc1ccccc1[C@@H]1Nn2c(nnc2-c2ccccc2)S1. The number of aromatic nitrogens is 3. The standard InChI is InChI=1S/C16H14N4OS/c1-21-13-10-6-5-9-12(13)15-19-20-14(17-18-16(20)22-15)11-7-3-2-4-8-11/h2-10,15,19H,1H3/t15-/m1/s1. The summed E-state index contributed by atoms with van der Waals surface area (Å²) in [5.74, 6) is 1.69. The molecule has 0 unspecified atom stereocenters. The summed E-state index contributed by atoms with van der Waals surface area (Å²) in [5.41, 5.74) is 5.58. The van der Waals surface area contributed by atoms with Crippen molar-refractivity contribution < 1.29 is 4.74 Å². The van der Waals surface area contributed by atoms with Gasteiger partial charge in [-0.25, -0.2) is 4.68 Å². The molecule has 0 saturated heterocycles. The lowest BCUT2D eigenvalue weighted by Gasteiger charge is -2.15. The lowest BCUT2D eigenvalue weighted by Crippen LogP contribution is -2.14. The van der Waals surface area contributed by atoms with Crippen LogP contribution in [0, 0.1) is 0 Å². The monoisotopic (exact) mass is 310 g/mol. The minimum Gasteiger partial charge on any atom is -0.496 e. The van der Waals surface area contributed by atoms with Crippen molar-refractivity contribution in [2.45, 2.75) is 10.5 Å². The first-order chi connectivity index (χ1) is 10.9. The molecule has 0 saturated carbocycles. The van der Waals surface area contributed by atoms with Crippen LogP contribution in [0.25, 0.3) is 11.4 Å². The Kier molecular flexibility index (Phi) is 3.23. The maximum Gasteiger partial charge on any atom is 0.212 e. The first kappa shape index (κ1) is 13.2. The summed E-state index contributed by atoms with van der Waals surface area (Å²) in [7, 11) is 1.69. The van der Waals surface area contributed by atoms with Gasteiger partial charge in [0.1, 0.15) is 11.1 Å². The normalized spacial score (nSPS) is 16.1. The molecule has 0 radical (unpaired) electrons. The number of thioether (sulfide) groups is 1. The van der Waals surface area contributed by atoms with Crippen LogP contribution in [0.2, 0.25) is 0 Å². The molecule has 1 aliphatic rings. The van der Waals surface area contributed by atoms with Gasteiger partial charge in [0, 0.05) is 11.1 Å². The van der Waals surface area contributed by atoms with Gasteiger partial charge >= 0.3 is 0 Å². The third-order valence-electron chi connectivity index (χ3n) is 3.56. The van der Waals surface area contributed by atoms with E-state index in [2.05, 4.69) is 21.7 Å². The molecular formula is C16H14N4OS. The Balaban J connectivity index is 1.68. The van der Waals surface area contributed by atoms with E-state index in [1.54, 1.807) is 18.9 Å². The van der Waals surface area contributed by atoms with E-state index in [1.165, 1.54) is 0 Å². The van der Waals surface area contributed by atoms with Gasteiger partial charge in [-0.2, -0.15) is 0 Å². The lowest BCUT2D eigenvalue weighted by molar-refractivity contribution is 0.409. The summed E-state index contributed by atoms with van der Waals surface area (Å²) < 4.78 is 7.39. The zero-order valence-corrected chi connectivity index (χ0v) is 12.7. The molecule has 4 rings (SSSR count). The van der Waals surface area contributed by atoms with Gasteiger partial charge < -0.3 is 10.2 Å². The molecule has 0 fully saturated rings. The molecule has 22 heavy (non-hydrogen) atoms. The predicted molar refractivity (Wildman–Crippen MR) is 86.4 cm³/mol. The van der Waals surface area contributed by atoms with Crippen molar-refractivity contribution in [1.29, 1.82) is 0 Å². The minimum absolute atomic E-state index is 0.0594. The largest absolute Gasteiger partial charge is 0.496 e. The summed E-state index contributed by atoms with van der Waals surface area (Å²) >= 11 is 1.63. The van der Waals surface area contributed by atoms with Crippen molar-refractivity contribution >= 4 is 11.8 Å². The van der Waals surface area contributed by atoms with Crippen molar-refractivity contribution in [3.8, 4) is 17.1 Å². The second kappa shape index (κ2) is 5.38. The zero-order valence-electron chi connectivity index (χ0n) is 11.9. The van der Waals surface area contributed by atoms with Gasteiger partial charge in [0.05, 0.1) is 7.11 Å². The van der Waals surface area contributed by atoms with Gasteiger partial charge in [-0.15, -0.1) is 10.2 Å². The fourth-order valence-electron chi connectivity index (χ4n) is 2.50. The number of benzene rings is 2. The Morgan fingerprint density at radius 1 is 1.05 bits per heavy atom. The van der Waals surface area contributed by atoms with E-state index in [-0.39, 0.29) is 5.37 Å². The zero-order chi connectivity index (χ0) is 14.9. The van der Waals surface area contributed by atoms with Crippen LogP contribution in [0.4, 0.5) is 0 Å². The average molecular weight is 310 g/mol. The number of nitrogens with one attached hydrogen (secondary N) is 1. The molecule has 0 amide bonds. The molecule has 0 bridgehead atoms. The Morgan fingerprint density at radius 2 is 1.82 bits per heavy atom. The van der Waals surface area contributed by atoms with E-state index in [9.17, 15) is 0 Å². The third-order valence-corrected chi connectivity index (χ3v) is 4.63. The first-order valence-corrected chi connectivity index (χ1v) is 7.82. The van der Waals surface area contributed by atoms with Crippen LogP contribution in [0.15, 0.2) is 59.8 Å². The van der Waals surface area contributed by atoms with Crippen LogP contribution in [-0.4, -0.2) is 22.0 Å². The molecule has 6 heteroatoms. The molecule has 1 atom stereocenters. The van der Waals surface area contributed by atoms with E-state index in [1.807, 2.05) is 53.2 Å². The maximum atomic E-state index is 5.45. The molecule has 1 N–H and O–H groups in total. The number of methoxy groups -OCH3 is 1.